The number of fused-ring (bicyclic) bond motifs is 1. The molecule has 4 atom stereocenters. The lowest BCUT2D eigenvalue weighted by Gasteiger charge is -2.26. The zero-order valence-electron chi connectivity index (χ0n) is 21.8. The van der Waals surface area contributed by atoms with Crippen molar-refractivity contribution >= 4 is 47.2 Å². The number of carboxylic acids is 1. The van der Waals surface area contributed by atoms with Crippen LogP contribution in [0.25, 0.3) is 10.9 Å². The number of aromatic amines is 1. The first-order valence-electron chi connectivity index (χ1n) is 12.5. The summed E-state index contributed by atoms with van der Waals surface area (Å²) < 4.78 is 0. The third kappa shape index (κ3) is 9.08. The lowest BCUT2D eigenvalue weighted by Crippen LogP contribution is -2.58. The SMILES string of the molecule is CC(C)CC(N)C(=O)NC(Cc1c[nH]c2ccccc12)C(=O)NC(CC(C)C)C(=O)NC(CS)C(=O)O. The molecule has 7 N–H and O–H groups in total. The summed E-state index contributed by atoms with van der Waals surface area (Å²) in [6.07, 6.45) is 2.68. The highest BCUT2D eigenvalue weighted by Crippen LogP contribution is 2.19. The predicted octanol–water partition coefficient (Wildman–Crippen LogP) is 1.60. The molecule has 10 nitrogen and oxygen atoms in total. The Bertz CT molecular complexity index is 1090. The van der Waals surface area contributed by atoms with Crippen molar-refractivity contribution in [2.24, 2.45) is 17.6 Å². The van der Waals surface area contributed by atoms with Crippen molar-refractivity contribution < 1.29 is 24.3 Å². The van der Waals surface area contributed by atoms with Gasteiger partial charge in [-0.1, -0.05) is 45.9 Å². The summed E-state index contributed by atoms with van der Waals surface area (Å²) in [6, 6.07) is 3.61. The monoisotopic (exact) mass is 533 g/mol. The zero-order valence-corrected chi connectivity index (χ0v) is 22.7. The number of H-pyrrole nitrogens is 1. The fourth-order valence-corrected chi connectivity index (χ4v) is 4.30. The molecule has 37 heavy (non-hydrogen) atoms. The number of carbonyl (C=O) groups is 4. The maximum Gasteiger partial charge on any atom is 0.327 e. The molecule has 2 aromatic rings. The van der Waals surface area contributed by atoms with E-state index in [1.165, 1.54) is 0 Å². The molecule has 1 aromatic heterocycles. The third-order valence-corrected chi connectivity index (χ3v) is 6.30. The van der Waals surface area contributed by atoms with Crippen molar-refractivity contribution in [2.45, 2.75) is 71.1 Å². The molecule has 0 bridgehead atoms. The van der Waals surface area contributed by atoms with Gasteiger partial charge >= 0.3 is 5.97 Å². The zero-order chi connectivity index (χ0) is 27.7. The molecule has 1 aromatic carbocycles. The normalized spacial score (nSPS) is 14.7. The number of nitrogens with one attached hydrogen (secondary N) is 4. The Labute approximate surface area is 222 Å². The number of carbonyl (C=O) groups excluding carboxylic acids is 3. The highest BCUT2D eigenvalue weighted by Gasteiger charge is 2.31. The van der Waals surface area contributed by atoms with Gasteiger partial charge in [0, 0.05) is 29.3 Å². The number of thiol groups is 1. The first kappa shape index (κ1) is 30.2. The molecule has 4 unspecified atom stereocenters. The molecule has 0 spiro atoms. The molecule has 0 aliphatic carbocycles. The Morgan fingerprint density at radius 1 is 0.892 bits per heavy atom. The minimum Gasteiger partial charge on any atom is -0.480 e. The summed E-state index contributed by atoms with van der Waals surface area (Å²) in [5, 5.41) is 18.1. The maximum atomic E-state index is 13.5. The van der Waals surface area contributed by atoms with E-state index in [1.807, 2.05) is 52.0 Å². The van der Waals surface area contributed by atoms with Crippen molar-refractivity contribution in [1.29, 1.82) is 0 Å². The highest BCUT2D eigenvalue weighted by molar-refractivity contribution is 7.80. The summed E-state index contributed by atoms with van der Waals surface area (Å²) >= 11 is 3.98. The maximum absolute atomic E-state index is 13.5. The summed E-state index contributed by atoms with van der Waals surface area (Å²) in [7, 11) is 0. The van der Waals surface area contributed by atoms with Gasteiger partial charge in [0.25, 0.3) is 0 Å². The highest BCUT2D eigenvalue weighted by atomic mass is 32.1. The van der Waals surface area contributed by atoms with E-state index in [1.54, 1.807) is 6.20 Å². The van der Waals surface area contributed by atoms with Crippen molar-refractivity contribution in [1.82, 2.24) is 20.9 Å². The molecule has 204 valence electrons. The fraction of sp³-hybridized carbons (Fsp3) is 0.538. The number of rotatable bonds is 14. The van der Waals surface area contributed by atoms with Crippen LogP contribution in [0.2, 0.25) is 0 Å². The molecule has 2 rings (SSSR count). The second-order valence-corrected chi connectivity index (χ2v) is 10.5. The van der Waals surface area contributed by atoms with Crippen LogP contribution in [0.5, 0.6) is 0 Å². The molecule has 1 heterocycles. The van der Waals surface area contributed by atoms with Crippen LogP contribution in [-0.2, 0) is 25.6 Å². The van der Waals surface area contributed by atoms with Gasteiger partial charge in [-0.3, -0.25) is 14.4 Å². The molecule has 0 aliphatic heterocycles. The van der Waals surface area contributed by atoms with E-state index < -0.39 is 47.9 Å². The largest absolute Gasteiger partial charge is 0.480 e. The van der Waals surface area contributed by atoms with Crippen LogP contribution in [0.15, 0.2) is 30.5 Å². The molecule has 0 aliphatic rings. The molecule has 0 saturated carbocycles. The second kappa shape index (κ2) is 14.0. The number of para-hydroxylation sites is 1. The van der Waals surface area contributed by atoms with Gasteiger partial charge in [0.1, 0.15) is 18.1 Å². The minimum atomic E-state index is -1.22. The Kier molecular flexibility index (Phi) is 11.4. The number of amides is 3. The van der Waals surface area contributed by atoms with Gasteiger partial charge in [-0.05, 0) is 36.3 Å². The molecule has 3 amide bonds. The lowest BCUT2D eigenvalue weighted by molar-refractivity contribution is -0.141. The smallest absolute Gasteiger partial charge is 0.327 e. The van der Waals surface area contributed by atoms with Crippen LogP contribution in [0.1, 0.15) is 46.1 Å². The van der Waals surface area contributed by atoms with Crippen molar-refractivity contribution in [3.8, 4) is 0 Å². The van der Waals surface area contributed by atoms with Gasteiger partial charge in [0.05, 0.1) is 6.04 Å². The number of aliphatic carboxylic acids is 1. The Morgan fingerprint density at radius 2 is 1.46 bits per heavy atom. The number of aromatic nitrogens is 1. The number of carboxylic acid groups (broad SMARTS) is 1. The van der Waals surface area contributed by atoms with E-state index in [-0.39, 0.29) is 30.4 Å². The standard InChI is InChI=1S/C26H39N5O5S/c1-14(2)9-18(27)23(32)29-21(11-16-12-28-19-8-6-5-7-17(16)19)25(34)30-20(10-15(3)4)24(33)31-22(13-37)26(35)36/h5-8,12,14-15,18,20-22,28,37H,9-11,13,27H2,1-4H3,(H,29,32)(H,30,34)(H,31,33)(H,35,36). The predicted molar refractivity (Wildman–Crippen MR) is 146 cm³/mol. The van der Waals surface area contributed by atoms with E-state index in [4.69, 9.17) is 5.73 Å². The molecule has 0 radical (unpaired) electrons. The lowest BCUT2D eigenvalue weighted by atomic mass is 9.99. The molecule has 0 fully saturated rings. The number of hydrogen-bond acceptors (Lipinski definition) is 6. The number of benzene rings is 1. The van der Waals surface area contributed by atoms with E-state index in [0.29, 0.717) is 6.42 Å². The van der Waals surface area contributed by atoms with E-state index >= 15 is 0 Å². The molecular weight excluding hydrogens is 494 g/mol. The van der Waals surface area contributed by atoms with Gasteiger partial charge in [0.2, 0.25) is 17.7 Å². The topological polar surface area (TPSA) is 166 Å². The summed E-state index contributed by atoms with van der Waals surface area (Å²) in [6.45, 7) is 7.67. The van der Waals surface area contributed by atoms with Crippen LogP contribution < -0.4 is 21.7 Å². The molecule has 11 heteroatoms. The van der Waals surface area contributed by atoms with Gasteiger partial charge in [-0.15, -0.1) is 0 Å². The Morgan fingerprint density at radius 3 is 2.05 bits per heavy atom. The average molecular weight is 534 g/mol. The van der Waals surface area contributed by atoms with Gasteiger partial charge in [0.15, 0.2) is 0 Å². The first-order chi connectivity index (χ1) is 17.4. The fourth-order valence-electron chi connectivity index (χ4n) is 4.06. The average Bonchev–Trinajstić information content (AvgIpc) is 3.23. The summed E-state index contributed by atoms with van der Waals surface area (Å²) in [4.78, 5) is 53.8. The van der Waals surface area contributed by atoms with Crippen LogP contribution in [0, 0.1) is 11.8 Å². The molecule has 0 saturated heterocycles. The Balaban J connectivity index is 2.29. The number of hydrogen-bond donors (Lipinski definition) is 7. The first-order valence-corrected chi connectivity index (χ1v) is 13.1. The van der Waals surface area contributed by atoms with E-state index in [0.717, 1.165) is 16.5 Å². The van der Waals surface area contributed by atoms with Crippen LogP contribution in [0.3, 0.4) is 0 Å². The molecular formula is C26H39N5O5S. The Hall–Kier alpha value is -3.05. The summed E-state index contributed by atoms with van der Waals surface area (Å²) in [5.74, 6) is -2.75. The van der Waals surface area contributed by atoms with Gasteiger partial charge in [-0.2, -0.15) is 12.6 Å². The van der Waals surface area contributed by atoms with Crippen molar-refractivity contribution in [3.05, 3.63) is 36.0 Å². The quantitative estimate of drug-likeness (QED) is 0.182. The van der Waals surface area contributed by atoms with Crippen LogP contribution >= 0.6 is 12.6 Å². The van der Waals surface area contributed by atoms with Crippen molar-refractivity contribution in [3.63, 3.8) is 0 Å². The van der Waals surface area contributed by atoms with Gasteiger partial charge < -0.3 is 31.8 Å². The van der Waals surface area contributed by atoms with E-state index in [2.05, 4.69) is 33.6 Å². The second-order valence-electron chi connectivity index (χ2n) is 10.1. The van der Waals surface area contributed by atoms with Crippen LogP contribution in [-0.4, -0.2) is 63.7 Å². The van der Waals surface area contributed by atoms with Crippen molar-refractivity contribution in [2.75, 3.05) is 5.75 Å². The third-order valence-electron chi connectivity index (χ3n) is 5.93. The minimum absolute atomic E-state index is 0.0245. The number of nitrogens with two attached hydrogens (primary N) is 1. The van der Waals surface area contributed by atoms with Gasteiger partial charge in [-0.25, -0.2) is 4.79 Å². The summed E-state index contributed by atoms with van der Waals surface area (Å²) in [5.41, 5.74) is 7.78. The van der Waals surface area contributed by atoms with Crippen LogP contribution in [0.4, 0.5) is 0 Å². The van der Waals surface area contributed by atoms with E-state index in [9.17, 15) is 24.3 Å².